The first kappa shape index (κ1) is 24.5. The number of amides is 1. The Morgan fingerprint density at radius 1 is 1.10 bits per heavy atom. The van der Waals surface area contributed by atoms with Gasteiger partial charge in [0.05, 0.1) is 22.6 Å². The Kier molecular flexibility index (Phi) is 5.60. The van der Waals surface area contributed by atoms with Crippen molar-refractivity contribution in [3.63, 3.8) is 0 Å². The molecule has 0 bridgehead atoms. The minimum Gasteiger partial charge on any atom is -0.404 e. The minimum atomic E-state index is -1.15. The summed E-state index contributed by atoms with van der Waals surface area (Å²) >= 11 is 0. The number of fused-ring (bicyclic) bond motifs is 1. The number of aryl methyl sites for hydroxylation is 2. The van der Waals surface area contributed by atoms with Gasteiger partial charge < -0.3 is 25.0 Å². The third-order valence-electron chi connectivity index (χ3n) is 6.18. The lowest BCUT2D eigenvalue weighted by Crippen LogP contribution is -2.42. The number of halogens is 1. The fraction of sp³-hybridized carbons (Fsp3) is 0.0800. The van der Waals surface area contributed by atoms with E-state index in [-0.39, 0.29) is 28.6 Å². The monoisotopic (exact) mass is 542 g/mol. The van der Waals surface area contributed by atoms with Crippen LogP contribution in [0.5, 0.6) is 0 Å². The van der Waals surface area contributed by atoms with Crippen LogP contribution in [0.3, 0.4) is 0 Å². The van der Waals surface area contributed by atoms with Crippen LogP contribution in [0.1, 0.15) is 11.5 Å². The largest absolute Gasteiger partial charge is 0.404 e. The smallest absolute Gasteiger partial charge is 0.337 e. The zero-order valence-electron chi connectivity index (χ0n) is 20.9. The predicted molar refractivity (Wildman–Crippen MR) is 141 cm³/mol. The summed E-state index contributed by atoms with van der Waals surface area (Å²) in [6, 6.07) is 9.45. The molecule has 0 unspecified atom stereocenters. The summed E-state index contributed by atoms with van der Waals surface area (Å²) < 4.78 is 23.5. The predicted octanol–water partition coefficient (Wildman–Crippen LogP) is 2.53. The van der Waals surface area contributed by atoms with Crippen molar-refractivity contribution in [1.82, 2.24) is 39.1 Å². The number of benzene rings is 2. The highest BCUT2D eigenvalue weighted by atomic mass is 19.1. The molecule has 6 rings (SSSR count). The van der Waals surface area contributed by atoms with Gasteiger partial charge >= 0.3 is 17.7 Å². The van der Waals surface area contributed by atoms with E-state index in [0.717, 1.165) is 0 Å². The molecule has 4 heterocycles. The number of nitrogens with one attached hydrogen (secondary N) is 2. The molecule has 0 fully saturated rings. The van der Waals surface area contributed by atoms with Crippen LogP contribution in [0.2, 0.25) is 0 Å². The highest BCUT2D eigenvalue weighted by Crippen LogP contribution is 2.24. The lowest BCUT2D eigenvalue weighted by Gasteiger charge is -2.11. The molecule has 6 aromatic rings. The van der Waals surface area contributed by atoms with E-state index in [1.807, 2.05) is 0 Å². The van der Waals surface area contributed by atoms with Gasteiger partial charge in [-0.15, -0.1) is 5.10 Å². The Bertz CT molecular complexity index is 2070. The lowest BCUT2D eigenvalue weighted by atomic mass is 10.2. The Hall–Kier alpha value is -5.86. The fourth-order valence-corrected chi connectivity index (χ4v) is 4.31. The molecule has 14 nitrogen and oxygen atoms in total. The second-order valence-electron chi connectivity index (χ2n) is 8.73. The second kappa shape index (κ2) is 9.16. The first-order valence-corrected chi connectivity index (χ1v) is 11.8. The lowest BCUT2D eigenvalue weighted by molar-refractivity contribution is 0.252. The molecule has 0 aliphatic rings. The van der Waals surface area contributed by atoms with Crippen molar-refractivity contribution in [2.75, 3.05) is 11.1 Å². The van der Waals surface area contributed by atoms with E-state index >= 15 is 0 Å². The summed E-state index contributed by atoms with van der Waals surface area (Å²) in [5.41, 5.74) is 5.08. The van der Waals surface area contributed by atoms with Crippen molar-refractivity contribution < 1.29 is 13.6 Å². The Labute approximate surface area is 222 Å². The average molecular weight is 542 g/mol. The number of nitrogens with two attached hydrogens (primary N) is 1. The number of carbonyl (C=O) groups excluding carboxylic acids is 1. The van der Waals surface area contributed by atoms with E-state index in [1.165, 1.54) is 16.8 Å². The molecule has 40 heavy (non-hydrogen) atoms. The molecule has 0 aliphatic carbocycles. The number of H-pyrrole nitrogens is 1. The standard InChI is InChI=1S/C25H19FN10O4/c1-12-19-20(36(33-12)16-5-3-4-14(10-16)21-31-32-23(27)40-21)22(37)35(25(39)30-19)24(38)29-18-7-6-15(11-17(18)26)34-9-8-28-13(34)2/h3-11H,1-2H3,(H2,27,32)(H,29,38)(H,30,39). The number of aromatic nitrogens is 8. The fourth-order valence-electron chi connectivity index (χ4n) is 4.31. The summed E-state index contributed by atoms with van der Waals surface area (Å²) in [5, 5.41) is 14.2. The molecule has 0 spiro atoms. The summed E-state index contributed by atoms with van der Waals surface area (Å²) in [6.07, 6.45) is 3.23. The molecule has 2 aromatic carbocycles. The number of hydrogen-bond donors (Lipinski definition) is 3. The average Bonchev–Trinajstić information content (AvgIpc) is 3.64. The maximum atomic E-state index is 14.9. The van der Waals surface area contributed by atoms with Gasteiger partial charge in [-0.2, -0.15) is 9.67 Å². The van der Waals surface area contributed by atoms with Gasteiger partial charge in [0, 0.05) is 29.7 Å². The van der Waals surface area contributed by atoms with Gasteiger partial charge in [0.1, 0.15) is 11.6 Å². The summed E-state index contributed by atoms with van der Waals surface area (Å²) in [5.74, 6) is 0.0130. The molecule has 4 aromatic heterocycles. The van der Waals surface area contributed by atoms with Crippen molar-refractivity contribution in [3.8, 4) is 22.8 Å². The third-order valence-corrected chi connectivity index (χ3v) is 6.18. The number of imidazole rings is 1. The highest BCUT2D eigenvalue weighted by molar-refractivity contribution is 5.92. The van der Waals surface area contributed by atoms with Crippen molar-refractivity contribution in [2.24, 2.45) is 0 Å². The van der Waals surface area contributed by atoms with Crippen LogP contribution < -0.4 is 22.3 Å². The van der Waals surface area contributed by atoms with Gasteiger partial charge in [-0.1, -0.05) is 11.2 Å². The van der Waals surface area contributed by atoms with Crippen molar-refractivity contribution in [1.29, 1.82) is 0 Å². The van der Waals surface area contributed by atoms with Crippen LogP contribution in [0.25, 0.3) is 33.9 Å². The molecule has 1 amide bonds. The summed E-state index contributed by atoms with van der Waals surface area (Å²) in [7, 11) is 0. The Morgan fingerprint density at radius 3 is 2.62 bits per heavy atom. The zero-order chi connectivity index (χ0) is 28.1. The number of hydrogen-bond acceptors (Lipinski definition) is 9. The highest BCUT2D eigenvalue weighted by Gasteiger charge is 2.22. The topological polar surface area (TPSA) is 185 Å². The van der Waals surface area contributed by atoms with E-state index in [0.29, 0.717) is 33.0 Å². The number of aromatic amines is 1. The van der Waals surface area contributed by atoms with Gasteiger partial charge in [0.15, 0.2) is 5.52 Å². The van der Waals surface area contributed by atoms with Gasteiger partial charge in [-0.05, 0) is 44.2 Å². The number of nitrogens with zero attached hydrogens (tertiary/aromatic N) is 7. The van der Waals surface area contributed by atoms with E-state index in [4.69, 9.17) is 10.2 Å². The quantitative estimate of drug-likeness (QED) is 0.301. The van der Waals surface area contributed by atoms with E-state index < -0.39 is 23.1 Å². The minimum absolute atomic E-state index is 0.0826. The van der Waals surface area contributed by atoms with Crippen LogP contribution in [0.15, 0.2) is 68.9 Å². The third kappa shape index (κ3) is 4.01. The van der Waals surface area contributed by atoms with E-state index in [1.54, 1.807) is 61.1 Å². The number of nitrogen functional groups attached to an aromatic ring is 1. The molecule has 15 heteroatoms. The summed E-state index contributed by atoms with van der Waals surface area (Å²) in [4.78, 5) is 46.1. The molecule has 0 radical (unpaired) electrons. The first-order valence-electron chi connectivity index (χ1n) is 11.8. The maximum Gasteiger partial charge on any atom is 0.337 e. The first-order chi connectivity index (χ1) is 19.2. The number of carbonyl (C=O) groups is 1. The van der Waals surface area contributed by atoms with Crippen LogP contribution >= 0.6 is 0 Å². The SMILES string of the molecule is Cc1nn(-c2cccc(-c3nnc(N)o3)c2)c2c(=O)n(C(=O)Nc3ccc(-n4ccnc4C)cc3F)c(=O)[nH]c12. The van der Waals surface area contributed by atoms with Gasteiger partial charge in [0.2, 0.25) is 5.89 Å². The Morgan fingerprint density at radius 2 is 1.93 bits per heavy atom. The molecule has 0 atom stereocenters. The molecule has 4 N–H and O–H groups in total. The van der Waals surface area contributed by atoms with E-state index in [9.17, 15) is 18.8 Å². The number of rotatable bonds is 4. The molecule has 200 valence electrons. The molecule has 0 aliphatic heterocycles. The Balaban J connectivity index is 1.40. The van der Waals surface area contributed by atoms with Gasteiger partial charge in [-0.3, -0.25) is 4.79 Å². The normalized spacial score (nSPS) is 11.3. The van der Waals surface area contributed by atoms with Crippen molar-refractivity contribution in [2.45, 2.75) is 13.8 Å². The van der Waals surface area contributed by atoms with Gasteiger partial charge in [-0.25, -0.2) is 23.6 Å². The van der Waals surface area contributed by atoms with Crippen molar-refractivity contribution in [3.05, 3.63) is 93.0 Å². The van der Waals surface area contributed by atoms with E-state index in [2.05, 4.69) is 30.6 Å². The maximum absolute atomic E-state index is 14.9. The van der Waals surface area contributed by atoms with Gasteiger partial charge in [0.25, 0.3) is 5.56 Å². The number of anilines is 2. The summed E-state index contributed by atoms with van der Waals surface area (Å²) in [6.45, 7) is 3.35. The molecule has 0 saturated heterocycles. The van der Waals surface area contributed by atoms with Crippen LogP contribution in [0.4, 0.5) is 20.9 Å². The second-order valence-corrected chi connectivity index (χ2v) is 8.73. The molecular formula is C25H19FN10O4. The van der Waals surface area contributed by atoms with Crippen molar-refractivity contribution >= 4 is 28.8 Å². The van der Waals surface area contributed by atoms with Crippen LogP contribution in [-0.4, -0.2) is 45.1 Å². The van der Waals surface area contributed by atoms with Crippen LogP contribution in [-0.2, 0) is 0 Å². The zero-order valence-corrected chi connectivity index (χ0v) is 20.9. The van der Waals surface area contributed by atoms with Crippen LogP contribution in [0, 0.1) is 19.7 Å². The molecule has 0 saturated carbocycles. The molecular weight excluding hydrogens is 523 g/mol.